The van der Waals surface area contributed by atoms with Crippen molar-refractivity contribution in [2.45, 2.75) is 46.1 Å². The Morgan fingerprint density at radius 1 is 1.24 bits per heavy atom. The maximum Gasteiger partial charge on any atom is 0.323 e. The van der Waals surface area contributed by atoms with Crippen LogP contribution in [0, 0.1) is 13.8 Å². The summed E-state index contributed by atoms with van der Waals surface area (Å²) in [7, 11) is 1.81. The van der Waals surface area contributed by atoms with Crippen LogP contribution in [-0.4, -0.2) is 68.1 Å². The van der Waals surface area contributed by atoms with E-state index in [9.17, 15) is 14.4 Å². The zero-order valence-corrected chi connectivity index (χ0v) is 15.3. The Kier molecular flexibility index (Phi) is 5.81. The van der Waals surface area contributed by atoms with Gasteiger partial charge in [0.15, 0.2) is 0 Å². The number of carbonyl (C=O) groups is 3. The van der Waals surface area contributed by atoms with E-state index < -0.39 is 5.97 Å². The molecule has 138 valence electrons. The van der Waals surface area contributed by atoms with Gasteiger partial charge < -0.3 is 14.9 Å². The van der Waals surface area contributed by atoms with Crippen molar-refractivity contribution < 1.29 is 19.5 Å². The van der Waals surface area contributed by atoms with E-state index in [4.69, 9.17) is 5.11 Å². The molecule has 1 saturated heterocycles. The summed E-state index contributed by atoms with van der Waals surface area (Å²) in [6.45, 7) is 5.89. The minimum atomic E-state index is -1.02. The number of rotatable bonds is 4. The van der Waals surface area contributed by atoms with Crippen LogP contribution in [0.15, 0.2) is 0 Å². The fraction of sp³-hybridized carbons (Fsp3) is 0.647. The van der Waals surface area contributed by atoms with Crippen LogP contribution in [0.4, 0.5) is 0 Å². The highest BCUT2D eigenvalue weighted by Crippen LogP contribution is 2.21. The van der Waals surface area contributed by atoms with Crippen molar-refractivity contribution in [3.63, 3.8) is 0 Å². The number of carbonyl (C=O) groups excluding carboxylic acids is 2. The standard InChI is InChI=1S/C17H26N4O4/c1-11-16(12(2)19(4)18-11)17(25)20-8-5-6-14(7-9-20)21(13(3)22)10-15(23)24/h14H,5-10H2,1-4H3,(H,23,24). The molecule has 2 rings (SSSR count). The molecule has 1 unspecified atom stereocenters. The summed E-state index contributed by atoms with van der Waals surface area (Å²) in [4.78, 5) is 38.9. The molecule has 1 aromatic rings. The van der Waals surface area contributed by atoms with Gasteiger partial charge in [0.05, 0.1) is 11.3 Å². The average Bonchev–Trinajstić information content (AvgIpc) is 2.71. The molecule has 1 aliphatic heterocycles. The van der Waals surface area contributed by atoms with Crippen molar-refractivity contribution in [3.05, 3.63) is 17.0 Å². The number of likely N-dealkylation sites (tertiary alicyclic amines) is 1. The van der Waals surface area contributed by atoms with Crippen molar-refractivity contribution in [3.8, 4) is 0 Å². The van der Waals surface area contributed by atoms with Gasteiger partial charge in [-0.15, -0.1) is 0 Å². The van der Waals surface area contributed by atoms with Gasteiger partial charge in [0, 0.05) is 38.8 Å². The number of amides is 2. The van der Waals surface area contributed by atoms with Crippen LogP contribution in [0.25, 0.3) is 0 Å². The second-order valence-electron chi connectivity index (χ2n) is 6.59. The van der Waals surface area contributed by atoms with Gasteiger partial charge in [-0.25, -0.2) is 0 Å². The average molecular weight is 350 g/mol. The van der Waals surface area contributed by atoms with Gasteiger partial charge in [-0.2, -0.15) is 5.10 Å². The molecule has 1 aliphatic rings. The first kappa shape index (κ1) is 19.0. The highest BCUT2D eigenvalue weighted by molar-refractivity contribution is 5.96. The van der Waals surface area contributed by atoms with E-state index in [-0.39, 0.29) is 24.4 Å². The molecule has 1 fully saturated rings. The normalized spacial score (nSPS) is 17.9. The zero-order valence-electron chi connectivity index (χ0n) is 15.3. The lowest BCUT2D eigenvalue weighted by atomic mass is 10.1. The quantitative estimate of drug-likeness (QED) is 0.873. The lowest BCUT2D eigenvalue weighted by molar-refractivity contribution is -0.145. The van der Waals surface area contributed by atoms with Crippen LogP contribution in [-0.2, 0) is 16.6 Å². The van der Waals surface area contributed by atoms with Crippen molar-refractivity contribution in [1.29, 1.82) is 0 Å². The first-order valence-electron chi connectivity index (χ1n) is 8.50. The first-order valence-corrected chi connectivity index (χ1v) is 8.50. The molecule has 0 radical (unpaired) electrons. The molecule has 8 heteroatoms. The SMILES string of the molecule is CC(=O)N(CC(=O)O)C1CCCN(C(=O)c2c(C)nn(C)c2C)CC1. The van der Waals surface area contributed by atoms with Crippen molar-refractivity contribution in [2.24, 2.45) is 7.05 Å². The molecule has 1 atom stereocenters. The Morgan fingerprint density at radius 3 is 2.44 bits per heavy atom. The molecule has 2 amide bonds. The third-order valence-corrected chi connectivity index (χ3v) is 4.86. The summed E-state index contributed by atoms with van der Waals surface area (Å²) in [5.74, 6) is -1.31. The number of hydrogen-bond donors (Lipinski definition) is 1. The van der Waals surface area contributed by atoms with Crippen LogP contribution in [0.1, 0.15) is 47.9 Å². The van der Waals surface area contributed by atoms with Crippen LogP contribution in [0.2, 0.25) is 0 Å². The summed E-state index contributed by atoms with van der Waals surface area (Å²) in [5.41, 5.74) is 2.18. The molecule has 2 heterocycles. The van der Waals surface area contributed by atoms with Gasteiger partial charge in [-0.3, -0.25) is 19.1 Å². The number of aromatic nitrogens is 2. The molecular formula is C17H26N4O4. The third kappa shape index (κ3) is 4.18. The van der Waals surface area contributed by atoms with E-state index in [1.165, 1.54) is 11.8 Å². The maximum atomic E-state index is 12.9. The largest absolute Gasteiger partial charge is 0.480 e. The molecule has 0 bridgehead atoms. The fourth-order valence-electron chi connectivity index (χ4n) is 3.48. The predicted octanol–water partition coefficient (Wildman–Crippen LogP) is 0.965. The molecule has 1 aromatic heterocycles. The molecule has 25 heavy (non-hydrogen) atoms. The zero-order chi connectivity index (χ0) is 18.7. The predicted molar refractivity (Wildman–Crippen MR) is 91.2 cm³/mol. The summed E-state index contributed by atoms with van der Waals surface area (Å²) < 4.78 is 1.70. The minimum Gasteiger partial charge on any atom is -0.480 e. The van der Waals surface area contributed by atoms with Crippen LogP contribution < -0.4 is 0 Å². The number of hydrogen-bond acceptors (Lipinski definition) is 4. The second-order valence-corrected chi connectivity index (χ2v) is 6.59. The molecule has 0 saturated carbocycles. The molecule has 1 N–H and O–H groups in total. The summed E-state index contributed by atoms with van der Waals surface area (Å²) in [5, 5.41) is 13.3. The summed E-state index contributed by atoms with van der Waals surface area (Å²) in [6.07, 6.45) is 2.01. The van der Waals surface area contributed by atoms with Gasteiger partial charge in [-0.1, -0.05) is 0 Å². The van der Waals surface area contributed by atoms with Gasteiger partial charge in [0.2, 0.25) is 5.91 Å². The van der Waals surface area contributed by atoms with Crippen LogP contribution in [0.5, 0.6) is 0 Å². The number of aryl methyl sites for hydroxylation is 2. The van der Waals surface area contributed by atoms with Crippen molar-refractivity contribution >= 4 is 17.8 Å². The number of carboxylic acid groups (broad SMARTS) is 1. The number of nitrogens with zero attached hydrogens (tertiary/aromatic N) is 4. The molecule has 0 spiro atoms. The van der Waals surface area contributed by atoms with E-state index in [0.29, 0.717) is 37.2 Å². The van der Waals surface area contributed by atoms with Gasteiger partial charge in [-0.05, 0) is 33.1 Å². The topological polar surface area (TPSA) is 95.7 Å². The van der Waals surface area contributed by atoms with Crippen LogP contribution >= 0.6 is 0 Å². The van der Waals surface area contributed by atoms with E-state index in [1.54, 1.807) is 9.58 Å². The molecule has 0 aliphatic carbocycles. The highest BCUT2D eigenvalue weighted by atomic mass is 16.4. The highest BCUT2D eigenvalue weighted by Gasteiger charge is 2.29. The van der Waals surface area contributed by atoms with Gasteiger partial charge in [0.1, 0.15) is 6.54 Å². The van der Waals surface area contributed by atoms with Gasteiger partial charge >= 0.3 is 5.97 Å². The lowest BCUT2D eigenvalue weighted by Crippen LogP contribution is -2.43. The first-order chi connectivity index (χ1) is 11.7. The minimum absolute atomic E-state index is 0.0450. The summed E-state index contributed by atoms with van der Waals surface area (Å²) >= 11 is 0. The maximum absolute atomic E-state index is 12.9. The Balaban J connectivity index is 2.11. The number of aliphatic carboxylic acids is 1. The second kappa shape index (κ2) is 7.67. The van der Waals surface area contributed by atoms with Crippen LogP contribution in [0.3, 0.4) is 0 Å². The molecule has 0 aromatic carbocycles. The molecule has 8 nitrogen and oxygen atoms in total. The third-order valence-electron chi connectivity index (χ3n) is 4.86. The molecular weight excluding hydrogens is 324 g/mol. The number of carboxylic acids is 1. The smallest absolute Gasteiger partial charge is 0.323 e. The van der Waals surface area contributed by atoms with E-state index in [1.807, 2.05) is 20.9 Å². The Hall–Kier alpha value is -2.38. The monoisotopic (exact) mass is 350 g/mol. The Morgan fingerprint density at radius 2 is 1.92 bits per heavy atom. The van der Waals surface area contributed by atoms with Crippen molar-refractivity contribution in [1.82, 2.24) is 19.6 Å². The lowest BCUT2D eigenvalue weighted by Gasteiger charge is -2.28. The Labute approximate surface area is 147 Å². The fourth-order valence-corrected chi connectivity index (χ4v) is 3.48. The van der Waals surface area contributed by atoms with Gasteiger partial charge in [0.25, 0.3) is 5.91 Å². The Bertz CT molecular complexity index is 682. The van der Waals surface area contributed by atoms with E-state index >= 15 is 0 Å². The summed E-state index contributed by atoms with van der Waals surface area (Å²) in [6, 6.07) is -0.150. The van der Waals surface area contributed by atoms with Crippen molar-refractivity contribution in [2.75, 3.05) is 19.6 Å². The van der Waals surface area contributed by atoms with E-state index in [0.717, 1.165) is 12.1 Å². The van der Waals surface area contributed by atoms with E-state index in [2.05, 4.69) is 5.10 Å².